The Morgan fingerprint density at radius 1 is 1.05 bits per heavy atom. The van der Waals surface area contributed by atoms with E-state index in [0.29, 0.717) is 43.3 Å². The summed E-state index contributed by atoms with van der Waals surface area (Å²) in [6.07, 6.45) is 10.3. The van der Waals surface area contributed by atoms with Gasteiger partial charge in [-0.05, 0) is 57.7 Å². The molecule has 4 aromatic heterocycles. The first-order chi connectivity index (χ1) is 19.8. The number of anilines is 2. The fourth-order valence-electron chi connectivity index (χ4n) is 6.14. The largest absolute Gasteiger partial charge is 0.382 e. The first-order valence-corrected chi connectivity index (χ1v) is 14.2. The molecule has 2 saturated heterocycles. The SMILES string of the molecule is CC1(C)C(=O)N(c2cncc(-c3cc(-c4ccnn4C4CCOCC4)c4c(N)ncnn34)c2)CCN1C(=O)C1CC1. The van der Waals surface area contributed by atoms with Crippen LogP contribution in [0.25, 0.3) is 28.0 Å². The zero-order chi connectivity index (χ0) is 28.3. The summed E-state index contributed by atoms with van der Waals surface area (Å²) in [4.78, 5) is 38.8. The van der Waals surface area contributed by atoms with E-state index in [1.807, 2.05) is 36.7 Å². The third kappa shape index (κ3) is 4.24. The van der Waals surface area contributed by atoms with Crippen LogP contribution in [0.15, 0.2) is 43.1 Å². The molecular weight excluding hydrogens is 522 g/mol. The van der Waals surface area contributed by atoms with Crippen LogP contribution in [-0.4, -0.2) is 77.9 Å². The topological polar surface area (TPSA) is 137 Å². The van der Waals surface area contributed by atoms with Crippen molar-refractivity contribution in [3.8, 4) is 22.5 Å². The Morgan fingerprint density at radius 2 is 1.85 bits per heavy atom. The molecule has 2 N–H and O–H groups in total. The minimum Gasteiger partial charge on any atom is -0.382 e. The number of fused-ring (bicyclic) bond motifs is 1. The Bertz CT molecular complexity index is 1650. The van der Waals surface area contributed by atoms with Crippen molar-refractivity contribution in [2.45, 2.75) is 51.1 Å². The predicted octanol–water partition coefficient (Wildman–Crippen LogP) is 2.95. The van der Waals surface area contributed by atoms with Gasteiger partial charge in [0.2, 0.25) is 5.91 Å². The molecule has 0 aromatic carbocycles. The normalized spacial score (nSPS) is 19.7. The maximum atomic E-state index is 13.7. The summed E-state index contributed by atoms with van der Waals surface area (Å²) in [5, 5.41) is 9.20. The minimum absolute atomic E-state index is 0.0626. The van der Waals surface area contributed by atoms with E-state index in [4.69, 9.17) is 10.5 Å². The zero-order valence-corrected chi connectivity index (χ0v) is 23.2. The van der Waals surface area contributed by atoms with Crippen LogP contribution < -0.4 is 10.6 Å². The summed E-state index contributed by atoms with van der Waals surface area (Å²) >= 11 is 0. The van der Waals surface area contributed by atoms with Crippen molar-refractivity contribution >= 4 is 28.8 Å². The number of ether oxygens (including phenoxy) is 1. The smallest absolute Gasteiger partial charge is 0.252 e. The third-order valence-corrected chi connectivity index (χ3v) is 8.58. The Kier molecular flexibility index (Phi) is 6.03. The van der Waals surface area contributed by atoms with Gasteiger partial charge < -0.3 is 20.3 Å². The summed E-state index contributed by atoms with van der Waals surface area (Å²) in [6, 6.07) is 6.19. The number of pyridine rings is 1. The molecule has 212 valence electrons. The second-order valence-electron chi connectivity index (χ2n) is 11.6. The van der Waals surface area contributed by atoms with Crippen LogP contribution >= 0.6 is 0 Å². The molecule has 1 aliphatic carbocycles. The van der Waals surface area contributed by atoms with Gasteiger partial charge in [0.15, 0.2) is 5.82 Å². The molecule has 12 nitrogen and oxygen atoms in total. The van der Waals surface area contributed by atoms with E-state index in [1.54, 1.807) is 32.9 Å². The number of nitrogens with zero attached hydrogens (tertiary/aromatic N) is 8. The van der Waals surface area contributed by atoms with E-state index in [0.717, 1.165) is 48.2 Å². The number of nitrogen functional groups attached to an aromatic ring is 1. The summed E-state index contributed by atoms with van der Waals surface area (Å²) in [6.45, 7) is 5.95. The molecule has 3 aliphatic rings. The van der Waals surface area contributed by atoms with Crippen molar-refractivity contribution in [1.29, 1.82) is 0 Å². The van der Waals surface area contributed by atoms with Crippen molar-refractivity contribution in [1.82, 2.24) is 34.3 Å². The highest BCUT2D eigenvalue weighted by atomic mass is 16.5. The number of amides is 2. The van der Waals surface area contributed by atoms with Gasteiger partial charge in [0.1, 0.15) is 17.4 Å². The minimum atomic E-state index is -0.937. The molecule has 12 heteroatoms. The first-order valence-electron chi connectivity index (χ1n) is 14.2. The number of aromatic nitrogens is 6. The van der Waals surface area contributed by atoms with Crippen molar-refractivity contribution in [3.05, 3.63) is 43.1 Å². The second kappa shape index (κ2) is 9.65. The number of hydrogen-bond donors (Lipinski definition) is 1. The quantitative estimate of drug-likeness (QED) is 0.397. The molecule has 0 spiro atoms. The number of rotatable bonds is 5. The number of nitrogens with two attached hydrogens (primary N) is 1. The van der Waals surface area contributed by atoms with Gasteiger partial charge in [-0.1, -0.05) is 0 Å². The second-order valence-corrected chi connectivity index (χ2v) is 11.6. The molecule has 6 heterocycles. The Balaban J connectivity index is 1.27. The lowest BCUT2D eigenvalue weighted by Gasteiger charge is -2.46. The zero-order valence-electron chi connectivity index (χ0n) is 23.2. The molecule has 2 aliphatic heterocycles. The fraction of sp³-hybridized carbons (Fsp3) is 0.448. The van der Waals surface area contributed by atoms with Crippen LogP contribution in [0.5, 0.6) is 0 Å². The lowest BCUT2D eigenvalue weighted by atomic mass is 9.96. The third-order valence-electron chi connectivity index (χ3n) is 8.58. The van der Waals surface area contributed by atoms with Gasteiger partial charge in [0, 0.05) is 55.7 Å². The van der Waals surface area contributed by atoms with Gasteiger partial charge in [-0.25, -0.2) is 9.50 Å². The molecule has 0 radical (unpaired) electrons. The molecule has 1 saturated carbocycles. The Labute approximate surface area is 237 Å². The first kappa shape index (κ1) is 25.6. The van der Waals surface area contributed by atoms with Crippen molar-refractivity contribution in [3.63, 3.8) is 0 Å². The van der Waals surface area contributed by atoms with Crippen LogP contribution in [0.1, 0.15) is 45.6 Å². The molecule has 0 bridgehead atoms. The molecule has 4 aromatic rings. The van der Waals surface area contributed by atoms with Crippen LogP contribution in [0.3, 0.4) is 0 Å². The van der Waals surface area contributed by atoms with Crippen molar-refractivity contribution < 1.29 is 14.3 Å². The van der Waals surface area contributed by atoms with Crippen LogP contribution in [0.4, 0.5) is 11.5 Å². The monoisotopic (exact) mass is 555 g/mol. The highest BCUT2D eigenvalue weighted by molar-refractivity contribution is 6.03. The van der Waals surface area contributed by atoms with Gasteiger partial charge in [0.05, 0.1) is 29.3 Å². The number of hydrogen-bond acceptors (Lipinski definition) is 8. The van der Waals surface area contributed by atoms with Crippen LogP contribution in [-0.2, 0) is 14.3 Å². The maximum absolute atomic E-state index is 13.7. The molecular formula is C29H33N9O3. The Hall–Kier alpha value is -4.32. The lowest BCUT2D eigenvalue weighted by Crippen LogP contribution is -2.65. The van der Waals surface area contributed by atoms with E-state index >= 15 is 0 Å². The molecule has 2 amide bonds. The summed E-state index contributed by atoms with van der Waals surface area (Å²) in [5.41, 5.74) is 10.2. The van der Waals surface area contributed by atoms with E-state index in [9.17, 15) is 9.59 Å². The molecule has 3 fully saturated rings. The van der Waals surface area contributed by atoms with E-state index in [1.165, 1.54) is 6.33 Å². The fourth-order valence-corrected chi connectivity index (χ4v) is 6.14. The highest BCUT2D eigenvalue weighted by Crippen LogP contribution is 2.39. The van der Waals surface area contributed by atoms with E-state index in [-0.39, 0.29) is 23.8 Å². The van der Waals surface area contributed by atoms with Crippen LogP contribution in [0, 0.1) is 5.92 Å². The highest BCUT2D eigenvalue weighted by Gasteiger charge is 2.48. The van der Waals surface area contributed by atoms with Gasteiger partial charge in [-0.15, -0.1) is 0 Å². The Morgan fingerprint density at radius 3 is 2.63 bits per heavy atom. The molecule has 41 heavy (non-hydrogen) atoms. The maximum Gasteiger partial charge on any atom is 0.252 e. The van der Waals surface area contributed by atoms with Gasteiger partial charge >= 0.3 is 0 Å². The van der Waals surface area contributed by atoms with Crippen LogP contribution in [0.2, 0.25) is 0 Å². The average molecular weight is 556 g/mol. The molecule has 7 rings (SSSR count). The molecule has 0 unspecified atom stereocenters. The van der Waals surface area contributed by atoms with Gasteiger partial charge in [-0.3, -0.25) is 19.3 Å². The van der Waals surface area contributed by atoms with Crippen molar-refractivity contribution in [2.24, 2.45) is 5.92 Å². The predicted molar refractivity (Wildman–Crippen MR) is 152 cm³/mol. The molecule has 0 atom stereocenters. The standard InChI is InChI=1S/C29H33N9O3/c1-29(2)28(40)35(9-10-36(29)27(39)18-3-4-18)21-13-19(15-31-16-21)24-14-22(25-26(30)32-17-34-38(24)25)23-5-8-33-37(23)20-6-11-41-12-7-20/h5,8,13-18,20H,3-4,6-7,9-12H2,1-2H3,(H2,30,32,34). The average Bonchev–Trinajstić information content (AvgIpc) is 3.59. The summed E-state index contributed by atoms with van der Waals surface area (Å²) in [7, 11) is 0. The number of carbonyl (C=O) groups excluding carboxylic acids is 2. The van der Waals surface area contributed by atoms with E-state index < -0.39 is 5.54 Å². The number of piperazine rings is 1. The number of carbonyl (C=O) groups is 2. The lowest BCUT2D eigenvalue weighted by molar-refractivity contribution is -0.148. The van der Waals surface area contributed by atoms with Gasteiger partial charge in [-0.2, -0.15) is 10.2 Å². The van der Waals surface area contributed by atoms with E-state index in [2.05, 4.69) is 20.2 Å². The van der Waals surface area contributed by atoms with Crippen molar-refractivity contribution in [2.75, 3.05) is 36.9 Å². The summed E-state index contributed by atoms with van der Waals surface area (Å²) < 4.78 is 9.39. The summed E-state index contributed by atoms with van der Waals surface area (Å²) in [5.74, 6) is 0.384. The van der Waals surface area contributed by atoms with Gasteiger partial charge in [0.25, 0.3) is 5.91 Å².